The molecule has 0 amide bonds. The molecule has 0 aromatic heterocycles. The summed E-state index contributed by atoms with van der Waals surface area (Å²) in [6.07, 6.45) is 0.770. The van der Waals surface area contributed by atoms with E-state index in [0.717, 1.165) is 17.4 Å². The van der Waals surface area contributed by atoms with Crippen LogP contribution < -0.4 is 10.0 Å². The van der Waals surface area contributed by atoms with E-state index in [2.05, 4.69) is 26.0 Å². The van der Waals surface area contributed by atoms with Crippen LogP contribution in [0.5, 0.6) is 0 Å². The van der Waals surface area contributed by atoms with Crippen LogP contribution in [-0.2, 0) is 10.2 Å². The number of benzene rings is 1. The van der Waals surface area contributed by atoms with Crippen LogP contribution in [-0.4, -0.2) is 39.9 Å². The molecule has 0 unspecified atom stereocenters. The summed E-state index contributed by atoms with van der Waals surface area (Å²) in [6, 6.07) is 7.06. The maximum absolute atomic E-state index is 12.0. The number of halogens is 1. The van der Waals surface area contributed by atoms with Gasteiger partial charge in [0.25, 0.3) is 0 Å². The van der Waals surface area contributed by atoms with Crippen molar-refractivity contribution in [3.05, 3.63) is 28.7 Å². The van der Waals surface area contributed by atoms with Gasteiger partial charge in [-0.05, 0) is 38.2 Å². The highest BCUT2D eigenvalue weighted by molar-refractivity contribution is 9.10. The van der Waals surface area contributed by atoms with Crippen molar-refractivity contribution in [1.29, 1.82) is 0 Å². The first-order valence-electron chi connectivity index (χ1n) is 5.60. The van der Waals surface area contributed by atoms with Crippen LogP contribution in [0.15, 0.2) is 28.7 Å². The Labute approximate surface area is 117 Å². The van der Waals surface area contributed by atoms with Crippen molar-refractivity contribution >= 4 is 31.8 Å². The van der Waals surface area contributed by atoms with Gasteiger partial charge in [0, 0.05) is 18.1 Å². The summed E-state index contributed by atoms with van der Waals surface area (Å²) in [7, 11) is -0.0689. The molecular formula is C11H18BrN3O2S. The average Bonchev–Trinajstić information content (AvgIpc) is 2.28. The Balaban J connectivity index is 2.64. The van der Waals surface area contributed by atoms with Gasteiger partial charge >= 0.3 is 10.2 Å². The van der Waals surface area contributed by atoms with Crippen LogP contribution in [0.2, 0.25) is 0 Å². The fourth-order valence-electron chi connectivity index (χ4n) is 1.38. The lowest BCUT2D eigenvalue weighted by Crippen LogP contribution is -2.34. The van der Waals surface area contributed by atoms with Gasteiger partial charge in [-0.15, -0.1) is 0 Å². The van der Waals surface area contributed by atoms with Crippen LogP contribution in [0.3, 0.4) is 0 Å². The summed E-state index contributed by atoms with van der Waals surface area (Å²) in [5.41, 5.74) is 0.546. The van der Waals surface area contributed by atoms with Gasteiger partial charge < -0.3 is 5.32 Å². The zero-order valence-electron chi connectivity index (χ0n) is 10.5. The molecule has 0 bridgehead atoms. The summed E-state index contributed by atoms with van der Waals surface area (Å²) in [6.45, 7) is 1.26. The van der Waals surface area contributed by atoms with E-state index in [1.807, 2.05) is 13.1 Å². The minimum atomic E-state index is -3.48. The summed E-state index contributed by atoms with van der Waals surface area (Å²) < 4.78 is 28.6. The van der Waals surface area contributed by atoms with Crippen molar-refractivity contribution in [3.63, 3.8) is 0 Å². The SMILES string of the molecule is CNCCCN(C)S(=O)(=O)Nc1cccc(Br)c1. The van der Waals surface area contributed by atoms with Gasteiger partial charge in [0.15, 0.2) is 0 Å². The Bertz CT molecular complexity index is 479. The molecule has 1 aromatic carbocycles. The molecule has 0 aliphatic carbocycles. The van der Waals surface area contributed by atoms with Crippen LogP contribution in [0.25, 0.3) is 0 Å². The third-order valence-corrected chi connectivity index (χ3v) is 4.37. The predicted octanol–water partition coefficient (Wildman–Crippen LogP) is 1.65. The second-order valence-corrected chi connectivity index (χ2v) is 6.59. The highest BCUT2D eigenvalue weighted by Crippen LogP contribution is 2.17. The molecule has 0 aliphatic heterocycles. The molecule has 0 atom stereocenters. The van der Waals surface area contributed by atoms with Gasteiger partial charge in [-0.25, -0.2) is 0 Å². The molecule has 0 fully saturated rings. The van der Waals surface area contributed by atoms with Crippen LogP contribution in [0.1, 0.15) is 6.42 Å². The third-order valence-electron chi connectivity index (χ3n) is 2.38. The van der Waals surface area contributed by atoms with E-state index in [0.29, 0.717) is 12.2 Å². The molecule has 102 valence electrons. The molecule has 0 heterocycles. The molecule has 0 aliphatic rings. The second-order valence-electron chi connectivity index (χ2n) is 3.90. The summed E-state index contributed by atoms with van der Waals surface area (Å²) in [5.74, 6) is 0. The Morgan fingerprint density at radius 2 is 2.11 bits per heavy atom. The molecule has 7 heteroatoms. The highest BCUT2D eigenvalue weighted by Gasteiger charge is 2.16. The zero-order chi connectivity index (χ0) is 13.6. The van der Waals surface area contributed by atoms with Gasteiger partial charge in [0.1, 0.15) is 0 Å². The van der Waals surface area contributed by atoms with Crippen molar-refractivity contribution < 1.29 is 8.42 Å². The highest BCUT2D eigenvalue weighted by atomic mass is 79.9. The number of rotatable bonds is 7. The lowest BCUT2D eigenvalue weighted by atomic mass is 10.3. The van der Waals surface area contributed by atoms with E-state index in [4.69, 9.17) is 0 Å². The van der Waals surface area contributed by atoms with E-state index >= 15 is 0 Å². The third kappa shape index (κ3) is 4.93. The molecule has 0 spiro atoms. The van der Waals surface area contributed by atoms with E-state index in [9.17, 15) is 8.42 Å². The van der Waals surface area contributed by atoms with Crippen molar-refractivity contribution in [3.8, 4) is 0 Å². The molecule has 0 radical (unpaired) electrons. The summed E-state index contributed by atoms with van der Waals surface area (Å²) in [5, 5.41) is 2.98. The molecular weight excluding hydrogens is 318 g/mol. The smallest absolute Gasteiger partial charge is 0.301 e. The normalized spacial score (nSPS) is 11.8. The van der Waals surface area contributed by atoms with Crippen molar-refractivity contribution in [1.82, 2.24) is 9.62 Å². The Morgan fingerprint density at radius 1 is 1.39 bits per heavy atom. The van der Waals surface area contributed by atoms with Gasteiger partial charge in [-0.3, -0.25) is 4.72 Å². The fraction of sp³-hybridized carbons (Fsp3) is 0.455. The molecule has 1 rings (SSSR count). The predicted molar refractivity (Wildman–Crippen MR) is 77.9 cm³/mol. The first kappa shape index (κ1) is 15.4. The maximum Gasteiger partial charge on any atom is 0.301 e. The largest absolute Gasteiger partial charge is 0.320 e. The summed E-state index contributed by atoms with van der Waals surface area (Å²) >= 11 is 3.30. The number of nitrogens with one attached hydrogen (secondary N) is 2. The minimum Gasteiger partial charge on any atom is -0.320 e. The zero-order valence-corrected chi connectivity index (χ0v) is 12.9. The molecule has 0 saturated heterocycles. The molecule has 2 N–H and O–H groups in total. The van der Waals surface area contributed by atoms with Crippen molar-refractivity contribution in [2.24, 2.45) is 0 Å². The number of nitrogens with zero attached hydrogens (tertiary/aromatic N) is 1. The van der Waals surface area contributed by atoms with Crippen LogP contribution >= 0.6 is 15.9 Å². The minimum absolute atomic E-state index is 0.476. The van der Waals surface area contributed by atoms with E-state index < -0.39 is 10.2 Å². The molecule has 1 aromatic rings. The van der Waals surface area contributed by atoms with Crippen LogP contribution in [0, 0.1) is 0 Å². The standard InChI is InChI=1S/C11H18BrN3O2S/c1-13-7-4-8-15(2)18(16,17)14-11-6-3-5-10(12)9-11/h3,5-6,9,13-14H,4,7-8H2,1-2H3. The van der Waals surface area contributed by atoms with Gasteiger partial charge in [-0.1, -0.05) is 22.0 Å². The van der Waals surface area contributed by atoms with Gasteiger partial charge in [0.2, 0.25) is 0 Å². The monoisotopic (exact) mass is 335 g/mol. The van der Waals surface area contributed by atoms with Gasteiger partial charge in [0.05, 0.1) is 5.69 Å². The number of hydrogen-bond donors (Lipinski definition) is 2. The Kier molecular flexibility index (Phi) is 6.07. The average molecular weight is 336 g/mol. The van der Waals surface area contributed by atoms with E-state index in [-0.39, 0.29) is 0 Å². The second kappa shape index (κ2) is 7.08. The molecule has 5 nitrogen and oxygen atoms in total. The Morgan fingerprint density at radius 3 is 2.72 bits per heavy atom. The lowest BCUT2D eigenvalue weighted by Gasteiger charge is -2.18. The molecule has 0 saturated carbocycles. The van der Waals surface area contributed by atoms with E-state index in [1.54, 1.807) is 25.2 Å². The van der Waals surface area contributed by atoms with Crippen molar-refractivity contribution in [2.45, 2.75) is 6.42 Å². The Hall–Kier alpha value is -0.630. The van der Waals surface area contributed by atoms with Crippen molar-refractivity contribution in [2.75, 3.05) is 31.9 Å². The van der Waals surface area contributed by atoms with Crippen LogP contribution in [0.4, 0.5) is 5.69 Å². The number of hydrogen-bond acceptors (Lipinski definition) is 3. The lowest BCUT2D eigenvalue weighted by molar-refractivity contribution is 0.462. The van der Waals surface area contributed by atoms with Gasteiger partial charge in [-0.2, -0.15) is 12.7 Å². The topological polar surface area (TPSA) is 61.4 Å². The quantitative estimate of drug-likeness (QED) is 0.745. The molecule has 18 heavy (non-hydrogen) atoms. The maximum atomic E-state index is 12.0. The fourth-order valence-corrected chi connectivity index (χ4v) is 2.73. The first-order chi connectivity index (χ1) is 8.45. The number of anilines is 1. The summed E-state index contributed by atoms with van der Waals surface area (Å²) in [4.78, 5) is 0. The van der Waals surface area contributed by atoms with E-state index in [1.165, 1.54) is 4.31 Å². The first-order valence-corrected chi connectivity index (χ1v) is 7.83.